The number of aliphatic hydroxyl groups excluding tert-OH is 1. The van der Waals surface area contributed by atoms with Crippen LogP contribution in [0.4, 0.5) is 5.13 Å². The monoisotopic (exact) mass is 252 g/mol. The molecule has 1 atom stereocenters. The number of aliphatic hydroxyl groups is 1. The van der Waals surface area contributed by atoms with Crippen LogP contribution in [-0.2, 0) is 6.61 Å². The molecule has 17 heavy (non-hydrogen) atoms. The van der Waals surface area contributed by atoms with Gasteiger partial charge in [-0.25, -0.2) is 4.98 Å². The van der Waals surface area contributed by atoms with Gasteiger partial charge in [0, 0.05) is 18.8 Å². The van der Waals surface area contributed by atoms with Crippen molar-refractivity contribution in [1.82, 2.24) is 4.98 Å². The van der Waals surface area contributed by atoms with Gasteiger partial charge < -0.3 is 10.0 Å². The summed E-state index contributed by atoms with van der Waals surface area (Å²) >= 11 is 1.66. The van der Waals surface area contributed by atoms with E-state index in [2.05, 4.69) is 9.88 Å². The number of rotatable bonds is 3. The molecule has 1 N–H and O–H groups in total. The van der Waals surface area contributed by atoms with Gasteiger partial charge in [0.15, 0.2) is 5.13 Å². The molecule has 0 radical (unpaired) electrons. The summed E-state index contributed by atoms with van der Waals surface area (Å²) in [4.78, 5) is 7.96. The molecule has 2 aliphatic rings. The zero-order valence-electron chi connectivity index (χ0n) is 10.1. The lowest BCUT2D eigenvalue weighted by Crippen LogP contribution is -2.34. The second-order valence-electron chi connectivity index (χ2n) is 5.21. The smallest absolute Gasteiger partial charge is 0.185 e. The highest BCUT2D eigenvalue weighted by atomic mass is 32.1. The molecule has 0 amide bonds. The number of thiazole rings is 1. The molecule has 1 saturated carbocycles. The summed E-state index contributed by atoms with van der Waals surface area (Å²) in [7, 11) is 0. The number of hydrogen-bond acceptors (Lipinski definition) is 4. The van der Waals surface area contributed by atoms with Crippen molar-refractivity contribution in [2.24, 2.45) is 5.92 Å². The van der Waals surface area contributed by atoms with Crippen LogP contribution in [0.25, 0.3) is 0 Å². The fraction of sp³-hybridized carbons (Fsp3) is 0.769. The Hall–Kier alpha value is -0.610. The fourth-order valence-corrected chi connectivity index (χ4v) is 4.22. The number of anilines is 1. The molecule has 1 unspecified atom stereocenters. The minimum atomic E-state index is 0.125. The third-order valence-corrected chi connectivity index (χ3v) is 5.21. The first kappa shape index (κ1) is 11.5. The van der Waals surface area contributed by atoms with Crippen LogP contribution >= 0.6 is 11.3 Å². The van der Waals surface area contributed by atoms with Gasteiger partial charge in [0.2, 0.25) is 0 Å². The third-order valence-electron chi connectivity index (χ3n) is 4.19. The van der Waals surface area contributed by atoms with Crippen molar-refractivity contribution in [3.05, 3.63) is 11.1 Å². The molecule has 1 aliphatic heterocycles. The molecule has 4 heteroatoms. The maximum Gasteiger partial charge on any atom is 0.185 e. The average molecular weight is 252 g/mol. The van der Waals surface area contributed by atoms with Crippen LogP contribution < -0.4 is 4.90 Å². The van der Waals surface area contributed by atoms with Gasteiger partial charge >= 0.3 is 0 Å². The lowest BCUT2D eigenvalue weighted by Gasteiger charge is -2.28. The molecule has 3 nitrogen and oxygen atoms in total. The van der Waals surface area contributed by atoms with E-state index in [1.54, 1.807) is 11.3 Å². The number of aromatic nitrogens is 1. The Morgan fingerprint density at radius 2 is 2.12 bits per heavy atom. The van der Waals surface area contributed by atoms with Crippen LogP contribution in [-0.4, -0.2) is 22.7 Å². The molecule has 0 aromatic carbocycles. The second kappa shape index (κ2) is 4.94. The van der Waals surface area contributed by atoms with E-state index < -0.39 is 0 Å². The van der Waals surface area contributed by atoms with Crippen LogP contribution in [0.3, 0.4) is 0 Å². The van der Waals surface area contributed by atoms with Crippen molar-refractivity contribution in [3.63, 3.8) is 0 Å². The quantitative estimate of drug-likeness (QED) is 0.898. The molecule has 0 bridgehead atoms. The molecular formula is C13H20N2OS. The first-order chi connectivity index (χ1) is 8.38. The van der Waals surface area contributed by atoms with Gasteiger partial charge in [-0.05, 0) is 31.6 Å². The molecule has 3 rings (SSSR count). The Labute approximate surface area is 106 Å². The van der Waals surface area contributed by atoms with Gasteiger partial charge in [-0.3, -0.25) is 0 Å². The lowest BCUT2D eigenvalue weighted by molar-refractivity contribution is 0.285. The van der Waals surface area contributed by atoms with E-state index in [1.807, 2.05) is 6.20 Å². The molecular weight excluding hydrogens is 232 g/mol. The predicted octanol–water partition coefficient (Wildman–Crippen LogP) is 2.79. The molecule has 1 aromatic heterocycles. The van der Waals surface area contributed by atoms with E-state index in [-0.39, 0.29) is 6.61 Å². The highest BCUT2D eigenvalue weighted by Crippen LogP contribution is 2.38. The Kier molecular flexibility index (Phi) is 3.34. The maximum absolute atomic E-state index is 9.12. The SMILES string of the molecule is OCc1cnc(N2CCCC2C2CCCC2)s1. The molecule has 1 aliphatic carbocycles. The van der Waals surface area contributed by atoms with Gasteiger partial charge in [0.25, 0.3) is 0 Å². The summed E-state index contributed by atoms with van der Waals surface area (Å²) in [6, 6.07) is 0.718. The zero-order valence-corrected chi connectivity index (χ0v) is 11.0. The topological polar surface area (TPSA) is 36.4 Å². The Morgan fingerprint density at radius 3 is 2.82 bits per heavy atom. The van der Waals surface area contributed by atoms with Crippen molar-refractivity contribution >= 4 is 16.5 Å². The summed E-state index contributed by atoms with van der Waals surface area (Å²) in [5, 5.41) is 10.3. The van der Waals surface area contributed by atoms with Gasteiger partial charge in [-0.1, -0.05) is 24.2 Å². The second-order valence-corrected chi connectivity index (χ2v) is 6.31. The Bertz CT molecular complexity index is 373. The van der Waals surface area contributed by atoms with Gasteiger partial charge in [-0.15, -0.1) is 0 Å². The van der Waals surface area contributed by atoms with E-state index in [9.17, 15) is 0 Å². The summed E-state index contributed by atoms with van der Waals surface area (Å²) < 4.78 is 0. The normalized spacial score (nSPS) is 25.9. The molecule has 2 fully saturated rings. The van der Waals surface area contributed by atoms with Gasteiger partial charge in [0.05, 0.1) is 11.5 Å². The fourth-order valence-electron chi connectivity index (χ4n) is 3.37. The van der Waals surface area contributed by atoms with Crippen molar-refractivity contribution in [1.29, 1.82) is 0 Å². The van der Waals surface area contributed by atoms with E-state index in [4.69, 9.17) is 5.11 Å². The van der Waals surface area contributed by atoms with E-state index in [0.717, 1.165) is 28.5 Å². The predicted molar refractivity (Wildman–Crippen MR) is 70.4 cm³/mol. The standard InChI is InChI=1S/C13H20N2OS/c16-9-11-8-14-13(17-11)15-7-3-6-12(15)10-4-1-2-5-10/h8,10,12,16H,1-7,9H2. The van der Waals surface area contributed by atoms with Crippen LogP contribution in [0.5, 0.6) is 0 Å². The van der Waals surface area contributed by atoms with E-state index >= 15 is 0 Å². The highest BCUT2D eigenvalue weighted by Gasteiger charge is 2.34. The molecule has 2 heterocycles. The average Bonchev–Trinajstić information content (AvgIpc) is 3.09. The van der Waals surface area contributed by atoms with Crippen molar-refractivity contribution in [2.45, 2.75) is 51.2 Å². The highest BCUT2D eigenvalue weighted by molar-refractivity contribution is 7.15. The summed E-state index contributed by atoms with van der Waals surface area (Å²) in [6.45, 7) is 1.28. The zero-order chi connectivity index (χ0) is 11.7. The van der Waals surface area contributed by atoms with Crippen molar-refractivity contribution < 1.29 is 5.11 Å². The summed E-state index contributed by atoms with van der Waals surface area (Å²) in [5.74, 6) is 0.888. The van der Waals surface area contributed by atoms with Gasteiger partial charge in [-0.2, -0.15) is 0 Å². The Morgan fingerprint density at radius 1 is 1.29 bits per heavy atom. The van der Waals surface area contributed by atoms with Crippen LogP contribution in [0, 0.1) is 5.92 Å². The van der Waals surface area contributed by atoms with Crippen LogP contribution in [0.15, 0.2) is 6.20 Å². The van der Waals surface area contributed by atoms with E-state index in [0.29, 0.717) is 0 Å². The van der Waals surface area contributed by atoms with Crippen LogP contribution in [0.2, 0.25) is 0 Å². The Balaban J connectivity index is 1.76. The van der Waals surface area contributed by atoms with E-state index in [1.165, 1.54) is 38.5 Å². The van der Waals surface area contributed by atoms with Gasteiger partial charge in [0.1, 0.15) is 0 Å². The third kappa shape index (κ3) is 2.20. The lowest BCUT2D eigenvalue weighted by atomic mass is 9.96. The largest absolute Gasteiger partial charge is 0.391 e. The summed E-state index contributed by atoms with van der Waals surface area (Å²) in [6.07, 6.45) is 10.1. The van der Waals surface area contributed by atoms with Crippen molar-refractivity contribution in [3.8, 4) is 0 Å². The van der Waals surface area contributed by atoms with Crippen molar-refractivity contribution in [2.75, 3.05) is 11.4 Å². The molecule has 0 spiro atoms. The molecule has 94 valence electrons. The summed E-state index contributed by atoms with van der Waals surface area (Å²) in [5.41, 5.74) is 0. The molecule has 1 aromatic rings. The number of hydrogen-bond donors (Lipinski definition) is 1. The minimum Gasteiger partial charge on any atom is -0.391 e. The first-order valence-electron chi connectivity index (χ1n) is 6.70. The molecule has 1 saturated heterocycles. The maximum atomic E-state index is 9.12. The number of nitrogens with zero attached hydrogens (tertiary/aromatic N) is 2. The van der Waals surface area contributed by atoms with Crippen LogP contribution in [0.1, 0.15) is 43.4 Å². The first-order valence-corrected chi connectivity index (χ1v) is 7.52. The minimum absolute atomic E-state index is 0.125.